The van der Waals surface area contributed by atoms with Gasteiger partial charge in [0.1, 0.15) is 0 Å². The van der Waals surface area contributed by atoms with Gasteiger partial charge >= 0.3 is 0 Å². The van der Waals surface area contributed by atoms with Gasteiger partial charge in [-0.05, 0) is 37.0 Å². The molecular formula is C12H20. The summed E-state index contributed by atoms with van der Waals surface area (Å²) in [6.07, 6.45) is 7.17. The Morgan fingerprint density at radius 3 is 2.00 bits per heavy atom. The van der Waals surface area contributed by atoms with Gasteiger partial charge in [-0.1, -0.05) is 38.3 Å². The van der Waals surface area contributed by atoms with Crippen LogP contribution in [0.5, 0.6) is 0 Å². The third-order valence-corrected chi connectivity index (χ3v) is 3.96. The Hall–Kier alpha value is -0.260. The first-order chi connectivity index (χ1) is 5.64. The molecule has 2 fully saturated rings. The SMILES string of the molecule is CC1C(=C2CCCCC2)C1(C)C. The van der Waals surface area contributed by atoms with Crippen molar-refractivity contribution in [1.29, 1.82) is 0 Å². The molecule has 2 rings (SSSR count). The van der Waals surface area contributed by atoms with Crippen LogP contribution in [0.1, 0.15) is 52.9 Å². The number of hydrogen-bond donors (Lipinski definition) is 0. The van der Waals surface area contributed by atoms with Crippen molar-refractivity contribution in [3.05, 3.63) is 11.1 Å². The second kappa shape index (κ2) is 2.61. The van der Waals surface area contributed by atoms with Crippen molar-refractivity contribution in [2.45, 2.75) is 52.9 Å². The van der Waals surface area contributed by atoms with Gasteiger partial charge in [-0.15, -0.1) is 0 Å². The lowest BCUT2D eigenvalue weighted by molar-refractivity contribution is 0.580. The molecule has 0 aliphatic heterocycles. The van der Waals surface area contributed by atoms with E-state index in [1.165, 1.54) is 32.1 Å². The number of rotatable bonds is 0. The average Bonchev–Trinajstić information content (AvgIpc) is 2.53. The summed E-state index contributed by atoms with van der Waals surface area (Å²) in [5.74, 6) is 0.880. The van der Waals surface area contributed by atoms with E-state index in [2.05, 4.69) is 20.8 Å². The van der Waals surface area contributed by atoms with Crippen LogP contribution in [-0.2, 0) is 0 Å². The molecule has 0 heterocycles. The van der Waals surface area contributed by atoms with Crippen molar-refractivity contribution in [2.24, 2.45) is 11.3 Å². The van der Waals surface area contributed by atoms with Crippen molar-refractivity contribution < 1.29 is 0 Å². The van der Waals surface area contributed by atoms with Gasteiger partial charge in [-0.2, -0.15) is 0 Å². The van der Waals surface area contributed by atoms with Crippen LogP contribution in [-0.4, -0.2) is 0 Å². The fourth-order valence-electron chi connectivity index (χ4n) is 2.78. The molecule has 0 aromatic rings. The molecule has 0 N–H and O–H groups in total. The van der Waals surface area contributed by atoms with Crippen LogP contribution in [0.4, 0.5) is 0 Å². The van der Waals surface area contributed by atoms with Gasteiger partial charge in [0.25, 0.3) is 0 Å². The van der Waals surface area contributed by atoms with Crippen LogP contribution in [0.3, 0.4) is 0 Å². The first kappa shape index (κ1) is 8.34. The summed E-state index contributed by atoms with van der Waals surface area (Å²) >= 11 is 0. The van der Waals surface area contributed by atoms with Gasteiger partial charge in [0.15, 0.2) is 0 Å². The molecule has 0 heteroatoms. The molecule has 12 heavy (non-hydrogen) atoms. The molecule has 2 saturated carbocycles. The van der Waals surface area contributed by atoms with E-state index in [1.54, 1.807) is 0 Å². The smallest absolute Gasteiger partial charge is 0.00759 e. The lowest BCUT2D eigenvalue weighted by Gasteiger charge is -2.13. The summed E-state index contributed by atoms with van der Waals surface area (Å²) < 4.78 is 0. The summed E-state index contributed by atoms with van der Waals surface area (Å²) in [5.41, 5.74) is 4.19. The maximum absolute atomic E-state index is 2.40. The molecule has 0 aromatic carbocycles. The van der Waals surface area contributed by atoms with E-state index >= 15 is 0 Å². The third-order valence-electron chi connectivity index (χ3n) is 3.96. The van der Waals surface area contributed by atoms with E-state index in [1.807, 2.05) is 11.1 Å². The standard InChI is InChI=1S/C12H20/c1-9-11(12(9,2)3)10-7-5-4-6-8-10/h9H,4-8H2,1-3H3. The van der Waals surface area contributed by atoms with Crippen LogP contribution in [0.25, 0.3) is 0 Å². The fraction of sp³-hybridized carbons (Fsp3) is 0.833. The van der Waals surface area contributed by atoms with E-state index in [4.69, 9.17) is 0 Å². The van der Waals surface area contributed by atoms with E-state index in [9.17, 15) is 0 Å². The zero-order valence-corrected chi connectivity index (χ0v) is 8.61. The Kier molecular flexibility index (Phi) is 1.82. The van der Waals surface area contributed by atoms with Gasteiger partial charge in [0.05, 0.1) is 0 Å². The van der Waals surface area contributed by atoms with Crippen molar-refractivity contribution in [3.8, 4) is 0 Å². The Morgan fingerprint density at radius 1 is 1.08 bits per heavy atom. The summed E-state index contributed by atoms with van der Waals surface area (Å²) in [7, 11) is 0. The van der Waals surface area contributed by atoms with Gasteiger partial charge in [0.2, 0.25) is 0 Å². The lowest BCUT2D eigenvalue weighted by Crippen LogP contribution is -1.95. The van der Waals surface area contributed by atoms with Crippen LogP contribution >= 0.6 is 0 Å². The average molecular weight is 164 g/mol. The molecule has 0 radical (unpaired) electrons. The molecule has 0 amide bonds. The second-order valence-corrected chi connectivity index (χ2v) is 5.02. The molecule has 0 aromatic heterocycles. The third kappa shape index (κ3) is 1.12. The largest absolute Gasteiger partial charge is 0.0701 e. The van der Waals surface area contributed by atoms with Crippen LogP contribution in [0, 0.1) is 11.3 Å². The minimum Gasteiger partial charge on any atom is -0.0701 e. The zero-order chi connectivity index (χ0) is 8.77. The fourth-order valence-corrected chi connectivity index (χ4v) is 2.78. The summed E-state index contributed by atoms with van der Waals surface area (Å²) in [5, 5.41) is 0. The highest BCUT2D eigenvalue weighted by molar-refractivity contribution is 5.39. The molecule has 0 saturated heterocycles. The highest BCUT2D eigenvalue weighted by atomic mass is 14.5. The van der Waals surface area contributed by atoms with Crippen molar-refractivity contribution in [2.75, 3.05) is 0 Å². The molecule has 0 nitrogen and oxygen atoms in total. The monoisotopic (exact) mass is 164 g/mol. The molecule has 2 aliphatic rings. The second-order valence-electron chi connectivity index (χ2n) is 5.02. The van der Waals surface area contributed by atoms with Crippen molar-refractivity contribution in [3.63, 3.8) is 0 Å². The first-order valence-corrected chi connectivity index (χ1v) is 5.36. The maximum Gasteiger partial charge on any atom is -0.00759 e. The molecule has 2 aliphatic carbocycles. The predicted octanol–water partition coefficient (Wildman–Crippen LogP) is 3.92. The first-order valence-electron chi connectivity index (χ1n) is 5.36. The Balaban J connectivity index is 2.16. The van der Waals surface area contributed by atoms with Gasteiger partial charge in [-0.3, -0.25) is 0 Å². The Morgan fingerprint density at radius 2 is 1.58 bits per heavy atom. The van der Waals surface area contributed by atoms with E-state index in [0.29, 0.717) is 5.41 Å². The van der Waals surface area contributed by atoms with Gasteiger partial charge < -0.3 is 0 Å². The minimum atomic E-state index is 0.562. The topological polar surface area (TPSA) is 0 Å². The molecule has 1 unspecified atom stereocenters. The van der Waals surface area contributed by atoms with Crippen LogP contribution in [0.2, 0.25) is 0 Å². The zero-order valence-electron chi connectivity index (χ0n) is 8.61. The molecule has 0 bridgehead atoms. The maximum atomic E-state index is 2.40. The molecule has 1 atom stereocenters. The molecule has 68 valence electrons. The van der Waals surface area contributed by atoms with Gasteiger partial charge in [-0.25, -0.2) is 0 Å². The summed E-state index contributed by atoms with van der Waals surface area (Å²) in [6, 6.07) is 0. The molecule has 0 spiro atoms. The van der Waals surface area contributed by atoms with E-state index in [-0.39, 0.29) is 0 Å². The summed E-state index contributed by atoms with van der Waals surface area (Å²) in [4.78, 5) is 0. The Bertz CT molecular complexity index is 212. The van der Waals surface area contributed by atoms with E-state index < -0.39 is 0 Å². The van der Waals surface area contributed by atoms with Crippen molar-refractivity contribution >= 4 is 0 Å². The van der Waals surface area contributed by atoms with Crippen molar-refractivity contribution in [1.82, 2.24) is 0 Å². The highest BCUT2D eigenvalue weighted by Crippen LogP contribution is 2.60. The highest BCUT2D eigenvalue weighted by Gasteiger charge is 2.49. The quantitative estimate of drug-likeness (QED) is 0.476. The normalized spacial score (nSPS) is 33.8. The van der Waals surface area contributed by atoms with Crippen LogP contribution in [0.15, 0.2) is 11.1 Å². The Labute approximate surface area is 76.1 Å². The lowest BCUT2D eigenvalue weighted by atomic mass is 9.93. The van der Waals surface area contributed by atoms with Gasteiger partial charge in [0, 0.05) is 0 Å². The number of hydrogen-bond acceptors (Lipinski definition) is 0. The summed E-state index contributed by atoms with van der Waals surface area (Å²) in [6.45, 7) is 7.18. The predicted molar refractivity (Wildman–Crippen MR) is 53.1 cm³/mol. The molecular weight excluding hydrogens is 144 g/mol. The van der Waals surface area contributed by atoms with Crippen LogP contribution < -0.4 is 0 Å². The van der Waals surface area contributed by atoms with E-state index in [0.717, 1.165) is 5.92 Å². The number of allylic oxidation sites excluding steroid dienone is 2. The minimum absolute atomic E-state index is 0.562.